The van der Waals surface area contributed by atoms with Crippen LogP contribution in [0.3, 0.4) is 0 Å². The molecule has 0 fully saturated rings. The van der Waals surface area contributed by atoms with Crippen molar-refractivity contribution in [2.24, 2.45) is 0 Å². The summed E-state index contributed by atoms with van der Waals surface area (Å²) in [5.74, 6) is 0. The summed E-state index contributed by atoms with van der Waals surface area (Å²) in [4.78, 5) is 12.7. The molecule has 0 amide bonds. The summed E-state index contributed by atoms with van der Waals surface area (Å²) in [6.07, 6.45) is 1.53. The number of aromatic nitrogens is 4. The number of rotatable bonds is 7. The molecule has 2 heterocycles. The summed E-state index contributed by atoms with van der Waals surface area (Å²) < 4.78 is 34.5. The molecule has 0 aliphatic heterocycles. The van der Waals surface area contributed by atoms with Crippen molar-refractivity contribution < 1.29 is 13.5 Å². The Balaban J connectivity index is 1.65. The third kappa shape index (κ3) is 4.26. The Morgan fingerprint density at radius 1 is 1.24 bits per heavy atom. The largest absolute Gasteiger partial charge is 0.351 e. The second-order valence-electron chi connectivity index (χ2n) is 5.32. The van der Waals surface area contributed by atoms with Gasteiger partial charge in [-0.25, -0.2) is 23.7 Å². The Morgan fingerprint density at radius 2 is 2.00 bits per heavy atom. The lowest BCUT2D eigenvalue weighted by molar-refractivity contribution is -0.0256. The molecular weight excluding hydrogens is 370 g/mol. The van der Waals surface area contributed by atoms with E-state index in [1.807, 2.05) is 19.1 Å². The second kappa shape index (κ2) is 8.07. The molecule has 25 heavy (non-hydrogen) atoms. The number of benzene rings is 1. The highest BCUT2D eigenvalue weighted by Gasteiger charge is 2.23. The van der Waals surface area contributed by atoms with Gasteiger partial charge in [-0.05, 0) is 19.1 Å². The van der Waals surface area contributed by atoms with Crippen molar-refractivity contribution in [1.29, 1.82) is 0 Å². The van der Waals surface area contributed by atoms with Gasteiger partial charge in [-0.1, -0.05) is 41.1 Å². The van der Waals surface area contributed by atoms with Gasteiger partial charge in [0.15, 0.2) is 16.3 Å². The smallest absolute Gasteiger partial charge is 0.179 e. The Morgan fingerprint density at radius 3 is 2.72 bits per heavy atom. The van der Waals surface area contributed by atoms with E-state index in [1.54, 1.807) is 12.1 Å². The minimum absolute atomic E-state index is 0.0900. The topological polar surface area (TPSA) is 52.8 Å². The van der Waals surface area contributed by atoms with Gasteiger partial charge in [0.2, 0.25) is 0 Å². The SMILES string of the molecule is Cc1ccc(S[C@H](F)[C@H](CF)OCn2cnc3c(Cl)ncnc32)cc1. The Labute approximate surface area is 152 Å². The highest BCUT2D eigenvalue weighted by molar-refractivity contribution is 7.99. The molecule has 0 aliphatic rings. The predicted molar refractivity (Wildman–Crippen MR) is 93.1 cm³/mol. The van der Waals surface area contributed by atoms with E-state index in [9.17, 15) is 8.78 Å². The van der Waals surface area contributed by atoms with Crippen LogP contribution in [-0.2, 0) is 11.5 Å². The van der Waals surface area contributed by atoms with Crippen LogP contribution in [-0.4, -0.2) is 37.8 Å². The van der Waals surface area contributed by atoms with Gasteiger partial charge in [-0.2, -0.15) is 0 Å². The molecule has 1 aromatic carbocycles. The number of alkyl halides is 2. The first-order valence-corrected chi connectivity index (χ1v) is 8.70. The van der Waals surface area contributed by atoms with Crippen LogP contribution in [0.1, 0.15) is 5.56 Å². The first-order chi connectivity index (χ1) is 12.1. The maximum Gasteiger partial charge on any atom is 0.179 e. The number of hydrogen-bond donors (Lipinski definition) is 0. The number of thioether (sulfide) groups is 1. The van der Waals surface area contributed by atoms with Crippen molar-refractivity contribution in [3.05, 3.63) is 47.6 Å². The van der Waals surface area contributed by atoms with Gasteiger partial charge in [0.05, 0.1) is 6.33 Å². The van der Waals surface area contributed by atoms with E-state index in [4.69, 9.17) is 16.3 Å². The molecule has 0 saturated heterocycles. The van der Waals surface area contributed by atoms with E-state index in [1.165, 1.54) is 17.2 Å². The zero-order valence-electron chi connectivity index (χ0n) is 13.3. The third-order valence-corrected chi connectivity index (χ3v) is 4.85. The zero-order chi connectivity index (χ0) is 17.8. The highest BCUT2D eigenvalue weighted by Crippen LogP contribution is 2.28. The predicted octanol–water partition coefficient (Wildman–Crippen LogP) is 4.19. The maximum atomic E-state index is 14.4. The molecule has 0 radical (unpaired) electrons. The van der Waals surface area contributed by atoms with E-state index in [0.29, 0.717) is 16.1 Å². The lowest BCUT2D eigenvalue weighted by atomic mass is 10.2. The minimum atomic E-state index is -1.54. The quantitative estimate of drug-likeness (QED) is 0.451. The number of fused-ring (bicyclic) bond motifs is 1. The molecule has 3 rings (SSSR count). The Hall–Kier alpha value is -1.77. The summed E-state index contributed by atoms with van der Waals surface area (Å²) in [7, 11) is 0. The number of nitrogens with zero attached hydrogens (tertiary/aromatic N) is 4. The number of halogens is 3. The van der Waals surface area contributed by atoms with E-state index < -0.39 is 18.3 Å². The summed E-state index contributed by atoms with van der Waals surface area (Å²) in [6.45, 7) is 0.913. The summed E-state index contributed by atoms with van der Waals surface area (Å²) in [5, 5.41) is 0.212. The van der Waals surface area contributed by atoms with Crippen molar-refractivity contribution >= 4 is 34.5 Å². The molecule has 0 spiro atoms. The van der Waals surface area contributed by atoms with Crippen molar-refractivity contribution in [3.8, 4) is 0 Å². The van der Waals surface area contributed by atoms with E-state index >= 15 is 0 Å². The number of ether oxygens (including phenoxy) is 1. The molecule has 2 atom stereocenters. The molecule has 0 aliphatic carbocycles. The van der Waals surface area contributed by atoms with Crippen LogP contribution in [0.15, 0.2) is 41.8 Å². The van der Waals surface area contributed by atoms with Crippen molar-refractivity contribution in [1.82, 2.24) is 19.5 Å². The van der Waals surface area contributed by atoms with Crippen molar-refractivity contribution in [2.45, 2.75) is 30.2 Å². The van der Waals surface area contributed by atoms with Gasteiger partial charge in [0, 0.05) is 4.90 Å². The molecule has 2 aromatic heterocycles. The van der Waals surface area contributed by atoms with Crippen molar-refractivity contribution in [3.63, 3.8) is 0 Å². The highest BCUT2D eigenvalue weighted by atomic mass is 35.5. The van der Waals surface area contributed by atoms with Crippen LogP contribution in [0.4, 0.5) is 8.78 Å². The molecule has 0 bridgehead atoms. The fraction of sp³-hybridized carbons (Fsp3) is 0.312. The van der Waals surface area contributed by atoms with E-state index in [2.05, 4.69) is 15.0 Å². The molecule has 0 N–H and O–H groups in total. The summed E-state index contributed by atoms with van der Waals surface area (Å²) in [5.41, 5.74) is 0.390. The van der Waals surface area contributed by atoms with Crippen LogP contribution in [0.25, 0.3) is 11.2 Å². The maximum absolute atomic E-state index is 14.4. The normalized spacial score (nSPS) is 13.9. The Bertz CT molecular complexity index is 846. The van der Waals surface area contributed by atoms with Crippen molar-refractivity contribution in [2.75, 3.05) is 6.67 Å². The second-order valence-corrected chi connectivity index (χ2v) is 6.84. The average Bonchev–Trinajstić information content (AvgIpc) is 3.02. The molecule has 132 valence electrons. The molecular formula is C16H15ClF2N4OS. The van der Waals surface area contributed by atoms with Crippen LogP contribution in [0, 0.1) is 6.92 Å². The van der Waals surface area contributed by atoms with Crippen LogP contribution in [0.2, 0.25) is 5.15 Å². The first kappa shape index (κ1) is 18.0. The van der Waals surface area contributed by atoms with E-state index in [0.717, 1.165) is 17.3 Å². The third-order valence-electron chi connectivity index (χ3n) is 3.50. The van der Waals surface area contributed by atoms with Gasteiger partial charge in [-0.15, -0.1) is 0 Å². The standard InChI is InChI=1S/C16H15ClF2N4OS/c1-10-2-4-11(5-3-10)25-15(19)12(6-18)24-9-23-8-22-13-14(17)20-7-21-16(13)23/h2-5,7-8,12,15H,6,9H2,1H3/t12-,15-/m0/s1. The fourth-order valence-electron chi connectivity index (χ4n) is 2.14. The number of aryl methyl sites for hydroxylation is 1. The lowest BCUT2D eigenvalue weighted by Crippen LogP contribution is -2.26. The van der Waals surface area contributed by atoms with Crippen LogP contribution >= 0.6 is 23.4 Å². The average molecular weight is 385 g/mol. The number of hydrogen-bond acceptors (Lipinski definition) is 5. The summed E-state index contributed by atoms with van der Waals surface area (Å²) in [6, 6.07) is 7.34. The van der Waals surface area contributed by atoms with Crippen LogP contribution in [0.5, 0.6) is 0 Å². The Kier molecular flexibility index (Phi) is 5.82. The van der Waals surface area contributed by atoms with Gasteiger partial charge in [-0.3, -0.25) is 4.57 Å². The van der Waals surface area contributed by atoms with E-state index in [-0.39, 0.29) is 11.9 Å². The molecule has 0 saturated carbocycles. The fourth-order valence-corrected chi connectivity index (χ4v) is 3.17. The van der Waals surface area contributed by atoms with Crippen LogP contribution < -0.4 is 0 Å². The molecule has 0 unspecified atom stereocenters. The number of imidazole rings is 1. The van der Waals surface area contributed by atoms with Gasteiger partial charge in [0.1, 0.15) is 31.4 Å². The van der Waals surface area contributed by atoms with Gasteiger partial charge >= 0.3 is 0 Å². The minimum Gasteiger partial charge on any atom is -0.351 e. The van der Waals surface area contributed by atoms with Gasteiger partial charge in [0.25, 0.3) is 0 Å². The lowest BCUT2D eigenvalue weighted by Gasteiger charge is -2.19. The molecule has 9 heteroatoms. The zero-order valence-corrected chi connectivity index (χ0v) is 14.8. The first-order valence-electron chi connectivity index (χ1n) is 7.45. The van der Waals surface area contributed by atoms with Gasteiger partial charge < -0.3 is 4.74 Å². The summed E-state index contributed by atoms with van der Waals surface area (Å²) >= 11 is 6.85. The monoisotopic (exact) mass is 384 g/mol. The molecule has 3 aromatic rings. The molecule has 5 nitrogen and oxygen atoms in total.